The fraction of sp³-hybridized carbons (Fsp3) is 0.467. The van der Waals surface area contributed by atoms with Gasteiger partial charge < -0.3 is 9.84 Å². The summed E-state index contributed by atoms with van der Waals surface area (Å²) in [7, 11) is 1.91. The average Bonchev–Trinajstić information content (AvgIpc) is 2.87. The molecule has 4 nitrogen and oxygen atoms in total. The van der Waals surface area contributed by atoms with Crippen molar-refractivity contribution in [1.82, 2.24) is 15.5 Å². The highest BCUT2D eigenvalue weighted by molar-refractivity contribution is 5.54. The lowest BCUT2D eigenvalue weighted by atomic mass is 10.0. The Hall–Kier alpha value is -1.75. The first-order chi connectivity index (χ1) is 9.51. The number of aromatic nitrogens is 2. The zero-order chi connectivity index (χ0) is 14.7. The van der Waals surface area contributed by atoms with Gasteiger partial charge in [0.1, 0.15) is 5.82 Å². The second-order valence-corrected chi connectivity index (χ2v) is 5.32. The maximum Gasteiger partial charge on any atom is 0.228 e. The van der Waals surface area contributed by atoms with Crippen molar-refractivity contribution in [3.8, 4) is 11.4 Å². The van der Waals surface area contributed by atoms with Gasteiger partial charge in [0, 0.05) is 18.0 Å². The van der Waals surface area contributed by atoms with Gasteiger partial charge in [-0.2, -0.15) is 4.98 Å². The van der Waals surface area contributed by atoms with E-state index >= 15 is 0 Å². The number of aryl methyl sites for hydroxylation is 1. The molecule has 1 aromatic heterocycles. The van der Waals surface area contributed by atoms with Crippen LogP contribution >= 0.6 is 0 Å². The number of nitrogens with one attached hydrogen (secondary N) is 1. The van der Waals surface area contributed by atoms with Crippen LogP contribution in [0.1, 0.15) is 25.3 Å². The van der Waals surface area contributed by atoms with E-state index in [1.54, 1.807) is 19.1 Å². The molecule has 1 N–H and O–H groups in total. The van der Waals surface area contributed by atoms with Gasteiger partial charge >= 0.3 is 0 Å². The Kier molecular flexibility index (Phi) is 4.49. The molecule has 0 amide bonds. The van der Waals surface area contributed by atoms with Crippen molar-refractivity contribution in [2.45, 2.75) is 33.2 Å². The topological polar surface area (TPSA) is 51.0 Å². The molecule has 2 rings (SSSR count). The minimum Gasteiger partial charge on any atom is -0.339 e. The zero-order valence-corrected chi connectivity index (χ0v) is 12.3. The van der Waals surface area contributed by atoms with E-state index < -0.39 is 0 Å². The number of hydrogen-bond donors (Lipinski definition) is 1. The summed E-state index contributed by atoms with van der Waals surface area (Å²) in [6.45, 7) is 5.99. The minimum absolute atomic E-state index is 0.260. The predicted molar refractivity (Wildman–Crippen MR) is 75.8 cm³/mol. The van der Waals surface area contributed by atoms with Crippen LogP contribution in [0.2, 0.25) is 0 Å². The molecule has 0 aliphatic heterocycles. The molecule has 0 fully saturated rings. The van der Waals surface area contributed by atoms with Gasteiger partial charge in [-0.05, 0) is 31.5 Å². The summed E-state index contributed by atoms with van der Waals surface area (Å²) in [5.41, 5.74) is 1.24. The van der Waals surface area contributed by atoms with Crippen LogP contribution in [0, 0.1) is 18.7 Å². The molecule has 2 aromatic rings. The zero-order valence-electron chi connectivity index (χ0n) is 12.3. The number of rotatable bonds is 5. The number of hydrogen-bond acceptors (Lipinski definition) is 4. The van der Waals surface area contributed by atoms with Crippen LogP contribution in [0.25, 0.3) is 11.4 Å². The van der Waals surface area contributed by atoms with Crippen LogP contribution in [-0.4, -0.2) is 23.2 Å². The van der Waals surface area contributed by atoms with Gasteiger partial charge in [-0.25, -0.2) is 4.39 Å². The normalized spacial score (nSPS) is 12.9. The van der Waals surface area contributed by atoms with Crippen molar-refractivity contribution in [2.24, 2.45) is 5.92 Å². The van der Waals surface area contributed by atoms with E-state index in [9.17, 15) is 4.39 Å². The molecule has 108 valence electrons. The van der Waals surface area contributed by atoms with Gasteiger partial charge in [0.2, 0.25) is 11.7 Å². The van der Waals surface area contributed by atoms with Crippen LogP contribution in [0.15, 0.2) is 22.7 Å². The van der Waals surface area contributed by atoms with Crippen LogP contribution in [0.4, 0.5) is 4.39 Å². The summed E-state index contributed by atoms with van der Waals surface area (Å²) < 4.78 is 18.8. The molecule has 5 heteroatoms. The first-order valence-corrected chi connectivity index (χ1v) is 6.77. The van der Waals surface area contributed by atoms with Gasteiger partial charge in [-0.1, -0.05) is 31.1 Å². The summed E-state index contributed by atoms with van der Waals surface area (Å²) in [5, 5.41) is 7.15. The van der Waals surface area contributed by atoms with Gasteiger partial charge in [0.05, 0.1) is 0 Å². The van der Waals surface area contributed by atoms with Crippen molar-refractivity contribution in [3.63, 3.8) is 0 Å². The molecule has 1 heterocycles. The van der Waals surface area contributed by atoms with E-state index in [1.165, 1.54) is 6.07 Å². The molecule has 1 unspecified atom stereocenters. The number of benzene rings is 1. The third-order valence-corrected chi connectivity index (χ3v) is 3.47. The summed E-state index contributed by atoms with van der Waals surface area (Å²) in [6, 6.07) is 5.22. The monoisotopic (exact) mass is 277 g/mol. The lowest BCUT2D eigenvalue weighted by molar-refractivity contribution is 0.335. The first kappa shape index (κ1) is 14.7. The summed E-state index contributed by atoms with van der Waals surface area (Å²) in [5.74, 6) is 1.20. The molecule has 0 aliphatic carbocycles. The summed E-state index contributed by atoms with van der Waals surface area (Å²) in [4.78, 5) is 4.34. The Labute approximate surface area is 118 Å². The molecule has 0 spiro atoms. The van der Waals surface area contributed by atoms with E-state index in [4.69, 9.17) is 4.52 Å². The molecule has 0 saturated heterocycles. The minimum atomic E-state index is -0.260. The van der Waals surface area contributed by atoms with Crippen molar-refractivity contribution < 1.29 is 8.91 Å². The lowest BCUT2D eigenvalue weighted by Crippen LogP contribution is -2.32. The number of likely N-dealkylation sites (N-methyl/N-ethyl adjacent to an activating group) is 1. The van der Waals surface area contributed by atoms with Gasteiger partial charge in [-0.15, -0.1) is 0 Å². The third-order valence-electron chi connectivity index (χ3n) is 3.47. The highest BCUT2D eigenvalue weighted by Gasteiger charge is 2.17. The Morgan fingerprint density at radius 2 is 2.10 bits per heavy atom. The fourth-order valence-electron chi connectivity index (χ4n) is 2.05. The standard InChI is InChI=1S/C15H20FN3O/c1-9(2)13(17-4)8-14-18-15(19-20-14)11-6-5-10(3)12(16)7-11/h5-7,9,13,17H,8H2,1-4H3. The summed E-state index contributed by atoms with van der Waals surface area (Å²) in [6.07, 6.45) is 0.662. The molecular formula is C15H20FN3O. The molecular weight excluding hydrogens is 257 g/mol. The number of nitrogens with zero attached hydrogens (tertiary/aromatic N) is 2. The van der Waals surface area contributed by atoms with Crippen LogP contribution in [0.5, 0.6) is 0 Å². The fourth-order valence-corrected chi connectivity index (χ4v) is 2.05. The SMILES string of the molecule is CNC(Cc1nc(-c2ccc(C)c(F)c2)no1)C(C)C. The van der Waals surface area contributed by atoms with E-state index in [0.29, 0.717) is 35.2 Å². The highest BCUT2D eigenvalue weighted by Crippen LogP contribution is 2.19. The number of halogens is 1. The maximum atomic E-state index is 13.5. The summed E-state index contributed by atoms with van der Waals surface area (Å²) >= 11 is 0. The second-order valence-electron chi connectivity index (χ2n) is 5.32. The van der Waals surface area contributed by atoms with E-state index in [-0.39, 0.29) is 11.9 Å². The van der Waals surface area contributed by atoms with E-state index in [0.717, 1.165) is 0 Å². The van der Waals surface area contributed by atoms with Crippen molar-refractivity contribution in [2.75, 3.05) is 7.05 Å². The molecule has 0 aliphatic rings. The quantitative estimate of drug-likeness (QED) is 0.913. The average molecular weight is 277 g/mol. The molecule has 1 atom stereocenters. The maximum absolute atomic E-state index is 13.5. The van der Waals surface area contributed by atoms with Crippen LogP contribution in [-0.2, 0) is 6.42 Å². The van der Waals surface area contributed by atoms with Crippen LogP contribution in [0.3, 0.4) is 0 Å². The molecule has 1 aromatic carbocycles. The first-order valence-electron chi connectivity index (χ1n) is 6.77. The van der Waals surface area contributed by atoms with E-state index in [2.05, 4.69) is 29.3 Å². The lowest BCUT2D eigenvalue weighted by Gasteiger charge is -2.17. The van der Waals surface area contributed by atoms with Crippen molar-refractivity contribution in [1.29, 1.82) is 0 Å². The van der Waals surface area contributed by atoms with Crippen molar-refractivity contribution in [3.05, 3.63) is 35.5 Å². The Bertz CT molecular complexity index is 580. The smallest absolute Gasteiger partial charge is 0.228 e. The van der Waals surface area contributed by atoms with E-state index in [1.807, 2.05) is 7.05 Å². The largest absolute Gasteiger partial charge is 0.339 e. The Morgan fingerprint density at radius 1 is 1.35 bits per heavy atom. The molecule has 0 bridgehead atoms. The predicted octanol–water partition coefficient (Wildman–Crippen LogP) is 2.97. The van der Waals surface area contributed by atoms with Gasteiger partial charge in [0.25, 0.3) is 0 Å². The van der Waals surface area contributed by atoms with Crippen LogP contribution < -0.4 is 5.32 Å². The third kappa shape index (κ3) is 3.22. The van der Waals surface area contributed by atoms with Gasteiger partial charge in [0.15, 0.2) is 0 Å². The van der Waals surface area contributed by atoms with Crippen molar-refractivity contribution >= 4 is 0 Å². The van der Waals surface area contributed by atoms with Gasteiger partial charge in [-0.3, -0.25) is 0 Å². The molecule has 20 heavy (non-hydrogen) atoms. The molecule has 0 radical (unpaired) electrons. The second kappa shape index (κ2) is 6.13. The highest BCUT2D eigenvalue weighted by atomic mass is 19.1. The molecule has 0 saturated carbocycles. The Balaban J connectivity index is 2.18. The Morgan fingerprint density at radius 3 is 2.70 bits per heavy atom.